The lowest BCUT2D eigenvalue weighted by molar-refractivity contribution is -0.123. The molecule has 0 heterocycles. The molecule has 6 nitrogen and oxygen atoms in total. The number of hydrogen-bond acceptors (Lipinski definition) is 4. The molecule has 2 N–H and O–H groups in total. The van der Waals surface area contributed by atoms with Crippen LogP contribution in [0.25, 0.3) is 0 Å². The van der Waals surface area contributed by atoms with Crippen LogP contribution in [0.2, 0.25) is 0 Å². The Balaban J connectivity index is 1.60. The van der Waals surface area contributed by atoms with Crippen molar-refractivity contribution >= 4 is 17.7 Å². The van der Waals surface area contributed by atoms with Crippen molar-refractivity contribution in [3.8, 4) is 0 Å². The first kappa shape index (κ1) is 22.9. The van der Waals surface area contributed by atoms with Crippen molar-refractivity contribution in [3.63, 3.8) is 0 Å². The van der Waals surface area contributed by atoms with Crippen LogP contribution < -0.4 is 15.5 Å². The van der Waals surface area contributed by atoms with Crippen molar-refractivity contribution < 1.29 is 14.3 Å². The number of benzene rings is 3. The van der Waals surface area contributed by atoms with Gasteiger partial charge in [0.25, 0.3) is 0 Å². The number of amides is 2. The summed E-state index contributed by atoms with van der Waals surface area (Å²) in [6.07, 6.45) is -0.257. The zero-order chi connectivity index (χ0) is 22.8. The molecular formula is C26H29N3O3. The Hall–Kier alpha value is -3.80. The number of nitrogens with zero attached hydrogens (tertiary/aromatic N) is 1. The average Bonchev–Trinajstić information content (AvgIpc) is 2.82. The third-order valence-electron chi connectivity index (χ3n) is 5.02. The van der Waals surface area contributed by atoms with Gasteiger partial charge in [-0.3, -0.25) is 4.79 Å². The maximum absolute atomic E-state index is 12.9. The van der Waals surface area contributed by atoms with E-state index in [4.69, 9.17) is 4.74 Å². The van der Waals surface area contributed by atoms with Crippen LogP contribution in [0, 0.1) is 0 Å². The van der Waals surface area contributed by atoms with E-state index in [-0.39, 0.29) is 12.5 Å². The number of anilines is 1. The zero-order valence-corrected chi connectivity index (χ0v) is 18.5. The molecule has 166 valence electrons. The second-order valence-electron chi connectivity index (χ2n) is 7.73. The Labute approximate surface area is 189 Å². The van der Waals surface area contributed by atoms with Crippen LogP contribution in [0.4, 0.5) is 10.5 Å². The van der Waals surface area contributed by atoms with Gasteiger partial charge < -0.3 is 20.3 Å². The van der Waals surface area contributed by atoms with Gasteiger partial charge in [-0.05, 0) is 28.8 Å². The summed E-state index contributed by atoms with van der Waals surface area (Å²) in [4.78, 5) is 27.3. The molecule has 0 fully saturated rings. The normalized spacial score (nSPS) is 11.3. The monoisotopic (exact) mass is 431 g/mol. The molecule has 0 aliphatic rings. The Morgan fingerprint density at radius 1 is 0.812 bits per heavy atom. The first-order chi connectivity index (χ1) is 15.5. The van der Waals surface area contributed by atoms with Crippen LogP contribution in [0.1, 0.15) is 16.7 Å². The summed E-state index contributed by atoms with van der Waals surface area (Å²) in [5.74, 6) is -0.262. The van der Waals surface area contributed by atoms with Gasteiger partial charge in [-0.25, -0.2) is 4.79 Å². The Morgan fingerprint density at radius 3 is 2.00 bits per heavy atom. The summed E-state index contributed by atoms with van der Waals surface area (Å²) in [6.45, 7) is 0.517. The number of carbonyl (C=O) groups is 2. The fourth-order valence-corrected chi connectivity index (χ4v) is 3.19. The number of carbonyl (C=O) groups excluding carboxylic acids is 2. The predicted octanol–water partition coefficient (Wildman–Crippen LogP) is 3.91. The van der Waals surface area contributed by atoms with Crippen molar-refractivity contribution in [1.82, 2.24) is 10.6 Å². The molecule has 0 unspecified atom stereocenters. The van der Waals surface area contributed by atoms with E-state index in [2.05, 4.69) is 10.6 Å². The van der Waals surface area contributed by atoms with E-state index < -0.39 is 12.1 Å². The third-order valence-corrected chi connectivity index (χ3v) is 5.02. The summed E-state index contributed by atoms with van der Waals surface area (Å²) >= 11 is 0. The second kappa shape index (κ2) is 11.6. The first-order valence-corrected chi connectivity index (χ1v) is 10.6. The SMILES string of the molecule is CN(C)c1ccc(CNC(=O)[C@H](Cc2ccccc2)NC(=O)OCc2ccccc2)cc1. The molecule has 0 spiro atoms. The van der Waals surface area contributed by atoms with Gasteiger partial charge in [0, 0.05) is 32.7 Å². The van der Waals surface area contributed by atoms with E-state index >= 15 is 0 Å². The standard InChI is InChI=1S/C26H29N3O3/c1-29(2)23-15-13-21(14-16-23)18-27-25(30)24(17-20-9-5-3-6-10-20)28-26(31)32-19-22-11-7-4-8-12-22/h3-16,24H,17-19H2,1-2H3,(H,27,30)(H,28,31)/t24-/m0/s1. The highest BCUT2D eigenvalue weighted by Crippen LogP contribution is 2.12. The lowest BCUT2D eigenvalue weighted by Crippen LogP contribution is -2.48. The maximum Gasteiger partial charge on any atom is 0.408 e. The van der Waals surface area contributed by atoms with Gasteiger partial charge in [0.2, 0.25) is 5.91 Å². The lowest BCUT2D eigenvalue weighted by Gasteiger charge is -2.19. The molecule has 0 saturated heterocycles. The third kappa shape index (κ3) is 7.16. The van der Waals surface area contributed by atoms with E-state index in [1.165, 1.54) is 0 Å². The van der Waals surface area contributed by atoms with Gasteiger partial charge in [-0.2, -0.15) is 0 Å². The minimum Gasteiger partial charge on any atom is -0.445 e. The minimum absolute atomic E-state index is 0.143. The molecule has 2 amide bonds. The van der Waals surface area contributed by atoms with E-state index in [9.17, 15) is 9.59 Å². The highest BCUT2D eigenvalue weighted by Gasteiger charge is 2.22. The van der Waals surface area contributed by atoms with Crippen LogP contribution >= 0.6 is 0 Å². The van der Waals surface area contributed by atoms with Crippen molar-refractivity contribution in [2.75, 3.05) is 19.0 Å². The minimum atomic E-state index is -0.748. The van der Waals surface area contributed by atoms with Crippen molar-refractivity contribution in [3.05, 3.63) is 102 Å². The smallest absolute Gasteiger partial charge is 0.408 e. The number of hydrogen-bond donors (Lipinski definition) is 2. The summed E-state index contributed by atoms with van der Waals surface area (Å²) in [5, 5.41) is 5.64. The largest absolute Gasteiger partial charge is 0.445 e. The van der Waals surface area contributed by atoms with Gasteiger partial charge >= 0.3 is 6.09 Å². The molecule has 3 rings (SSSR count). The zero-order valence-electron chi connectivity index (χ0n) is 18.5. The van der Waals surface area contributed by atoms with Crippen LogP contribution in [0.15, 0.2) is 84.9 Å². The Kier molecular flexibility index (Phi) is 8.26. The predicted molar refractivity (Wildman–Crippen MR) is 126 cm³/mol. The topological polar surface area (TPSA) is 70.7 Å². The van der Waals surface area contributed by atoms with Crippen LogP contribution in [-0.4, -0.2) is 32.1 Å². The molecular weight excluding hydrogens is 402 g/mol. The highest BCUT2D eigenvalue weighted by molar-refractivity contribution is 5.85. The second-order valence-corrected chi connectivity index (χ2v) is 7.73. The van der Waals surface area contributed by atoms with E-state index in [0.717, 1.165) is 22.4 Å². The van der Waals surface area contributed by atoms with E-state index in [1.807, 2.05) is 104 Å². The summed E-state index contributed by atoms with van der Waals surface area (Å²) in [5.41, 5.74) is 3.90. The summed E-state index contributed by atoms with van der Waals surface area (Å²) in [6, 6.07) is 26.2. The first-order valence-electron chi connectivity index (χ1n) is 10.6. The molecule has 32 heavy (non-hydrogen) atoms. The highest BCUT2D eigenvalue weighted by atomic mass is 16.5. The number of nitrogens with one attached hydrogen (secondary N) is 2. The quantitative estimate of drug-likeness (QED) is 0.539. The molecule has 3 aromatic carbocycles. The van der Waals surface area contributed by atoms with Crippen molar-refractivity contribution in [2.24, 2.45) is 0 Å². The van der Waals surface area contributed by atoms with Gasteiger partial charge in [-0.15, -0.1) is 0 Å². The number of ether oxygens (including phenoxy) is 1. The van der Waals surface area contributed by atoms with Crippen LogP contribution in [-0.2, 0) is 29.1 Å². The van der Waals surface area contributed by atoms with Crippen LogP contribution in [0.3, 0.4) is 0 Å². The fraction of sp³-hybridized carbons (Fsp3) is 0.231. The van der Waals surface area contributed by atoms with E-state index in [0.29, 0.717) is 13.0 Å². The Bertz CT molecular complexity index is 990. The molecule has 0 bridgehead atoms. The number of rotatable bonds is 9. The summed E-state index contributed by atoms with van der Waals surface area (Å²) < 4.78 is 5.31. The molecule has 1 atom stereocenters. The average molecular weight is 432 g/mol. The fourth-order valence-electron chi connectivity index (χ4n) is 3.19. The number of alkyl carbamates (subject to hydrolysis) is 1. The van der Waals surface area contributed by atoms with Crippen LogP contribution in [0.5, 0.6) is 0 Å². The molecule has 0 saturated carbocycles. The lowest BCUT2D eigenvalue weighted by atomic mass is 10.1. The van der Waals surface area contributed by atoms with Crippen molar-refractivity contribution in [2.45, 2.75) is 25.6 Å². The van der Waals surface area contributed by atoms with Crippen molar-refractivity contribution in [1.29, 1.82) is 0 Å². The molecule has 0 radical (unpaired) electrons. The molecule has 0 aromatic heterocycles. The summed E-state index contributed by atoms with van der Waals surface area (Å²) in [7, 11) is 3.96. The van der Waals surface area contributed by atoms with Gasteiger partial charge in [-0.1, -0.05) is 72.8 Å². The van der Waals surface area contributed by atoms with Gasteiger partial charge in [0.05, 0.1) is 0 Å². The van der Waals surface area contributed by atoms with Gasteiger partial charge in [0.15, 0.2) is 0 Å². The Morgan fingerprint density at radius 2 is 1.41 bits per heavy atom. The van der Waals surface area contributed by atoms with E-state index in [1.54, 1.807) is 0 Å². The van der Waals surface area contributed by atoms with Gasteiger partial charge in [0.1, 0.15) is 12.6 Å². The molecule has 6 heteroatoms. The molecule has 0 aliphatic carbocycles. The molecule has 0 aliphatic heterocycles. The maximum atomic E-state index is 12.9. The molecule has 3 aromatic rings.